The third-order valence-corrected chi connectivity index (χ3v) is 3.36. The highest BCUT2D eigenvalue weighted by Gasteiger charge is 2.37. The topological polar surface area (TPSA) is 88.5 Å². The minimum atomic E-state index is -4.67. The van der Waals surface area contributed by atoms with Gasteiger partial charge in [0.05, 0.1) is 12.8 Å². The summed E-state index contributed by atoms with van der Waals surface area (Å²) in [6.07, 6.45) is -3.25. The minimum Gasteiger partial charge on any atom is -0.466 e. The molecule has 7 nitrogen and oxygen atoms in total. The van der Waals surface area contributed by atoms with Crippen LogP contribution in [0.2, 0.25) is 0 Å². The molecular weight excluding hydrogens is 327 g/mol. The highest BCUT2D eigenvalue weighted by atomic mass is 19.4. The van der Waals surface area contributed by atoms with Crippen molar-refractivity contribution in [3.63, 3.8) is 0 Å². The second-order valence-corrected chi connectivity index (χ2v) is 5.53. The van der Waals surface area contributed by atoms with Gasteiger partial charge in [0.15, 0.2) is 0 Å². The Hall–Kier alpha value is -2.62. The van der Waals surface area contributed by atoms with Crippen LogP contribution in [0.25, 0.3) is 5.78 Å². The predicted molar refractivity (Wildman–Crippen MR) is 77.3 cm³/mol. The quantitative estimate of drug-likeness (QED) is 0.757. The van der Waals surface area contributed by atoms with Gasteiger partial charge < -0.3 is 14.8 Å². The van der Waals surface area contributed by atoms with E-state index in [4.69, 9.17) is 4.42 Å². The summed E-state index contributed by atoms with van der Waals surface area (Å²) < 4.78 is 44.5. The fourth-order valence-corrected chi connectivity index (χ4v) is 2.17. The van der Waals surface area contributed by atoms with E-state index < -0.39 is 17.6 Å². The molecule has 0 fully saturated rings. The lowest BCUT2D eigenvalue weighted by Gasteiger charge is -2.22. The largest absolute Gasteiger partial charge is 0.466 e. The molecule has 1 atom stereocenters. The number of nitrogens with zero attached hydrogens (tertiary/aromatic N) is 4. The Morgan fingerprint density at radius 2 is 2.08 bits per heavy atom. The number of aliphatic hydroxyl groups is 1. The first-order valence-electron chi connectivity index (χ1n) is 6.99. The molecule has 0 spiro atoms. The van der Waals surface area contributed by atoms with Crippen molar-refractivity contribution in [2.24, 2.45) is 0 Å². The van der Waals surface area contributed by atoms with E-state index in [2.05, 4.69) is 20.4 Å². The van der Waals surface area contributed by atoms with Gasteiger partial charge in [-0.05, 0) is 26.0 Å². The zero-order chi connectivity index (χ0) is 17.5. The molecule has 0 radical (unpaired) electrons. The maximum atomic E-state index is 12.8. The van der Waals surface area contributed by atoms with E-state index >= 15 is 0 Å². The zero-order valence-corrected chi connectivity index (χ0v) is 12.8. The van der Waals surface area contributed by atoms with E-state index in [1.54, 1.807) is 19.1 Å². The third kappa shape index (κ3) is 3.04. The molecule has 24 heavy (non-hydrogen) atoms. The van der Waals surface area contributed by atoms with Crippen LogP contribution in [-0.4, -0.2) is 31.2 Å². The molecule has 2 N–H and O–H groups in total. The Labute approximate surface area is 134 Å². The summed E-state index contributed by atoms with van der Waals surface area (Å²) in [5, 5.41) is 16.7. The second-order valence-electron chi connectivity index (χ2n) is 5.53. The van der Waals surface area contributed by atoms with Crippen LogP contribution in [0.5, 0.6) is 0 Å². The highest BCUT2D eigenvalue weighted by Crippen LogP contribution is 2.27. The number of aryl methyl sites for hydroxylation is 1. The van der Waals surface area contributed by atoms with Gasteiger partial charge in [0.25, 0.3) is 11.6 Å². The van der Waals surface area contributed by atoms with Crippen LogP contribution in [0.15, 0.2) is 28.9 Å². The first-order valence-corrected chi connectivity index (χ1v) is 6.99. The molecule has 3 heterocycles. The zero-order valence-electron chi connectivity index (χ0n) is 12.8. The summed E-state index contributed by atoms with van der Waals surface area (Å²) in [4.78, 5) is 7.33. The van der Waals surface area contributed by atoms with Crippen LogP contribution in [-0.2, 0) is 11.8 Å². The van der Waals surface area contributed by atoms with Crippen molar-refractivity contribution in [1.82, 2.24) is 19.6 Å². The molecule has 1 unspecified atom stereocenters. The SMILES string of the molecule is Cc1cc(NCC(C)(O)c2ccco2)n2nc(C(F)(F)F)nc2n1. The second kappa shape index (κ2) is 5.48. The van der Waals surface area contributed by atoms with Gasteiger partial charge in [-0.1, -0.05) is 0 Å². The van der Waals surface area contributed by atoms with Gasteiger partial charge in [-0.15, -0.1) is 5.10 Å². The molecule has 0 aliphatic heterocycles. The molecule has 0 saturated carbocycles. The summed E-state index contributed by atoms with van der Waals surface area (Å²) in [5.41, 5.74) is -0.899. The molecular formula is C14H14F3N5O2. The van der Waals surface area contributed by atoms with Crippen molar-refractivity contribution in [3.8, 4) is 0 Å². The number of alkyl halides is 3. The van der Waals surface area contributed by atoms with E-state index in [0.717, 1.165) is 4.52 Å². The predicted octanol–water partition coefficient (Wildman–Crippen LogP) is 2.36. The molecule has 10 heteroatoms. The lowest BCUT2D eigenvalue weighted by atomic mass is 10.0. The van der Waals surface area contributed by atoms with Crippen molar-refractivity contribution in [3.05, 3.63) is 41.7 Å². The summed E-state index contributed by atoms with van der Waals surface area (Å²) in [5.74, 6) is -0.900. The van der Waals surface area contributed by atoms with Gasteiger partial charge in [-0.2, -0.15) is 22.7 Å². The van der Waals surface area contributed by atoms with Crippen molar-refractivity contribution >= 4 is 11.6 Å². The van der Waals surface area contributed by atoms with Gasteiger partial charge in [0.1, 0.15) is 17.2 Å². The smallest absolute Gasteiger partial charge is 0.453 e. The monoisotopic (exact) mass is 341 g/mol. The number of nitrogens with one attached hydrogen (secondary N) is 1. The van der Waals surface area contributed by atoms with Crippen molar-refractivity contribution in [2.75, 3.05) is 11.9 Å². The van der Waals surface area contributed by atoms with Gasteiger partial charge in [0, 0.05) is 11.8 Å². The average Bonchev–Trinajstić information content (AvgIpc) is 3.13. The van der Waals surface area contributed by atoms with Crippen LogP contribution >= 0.6 is 0 Å². The van der Waals surface area contributed by atoms with Gasteiger partial charge >= 0.3 is 6.18 Å². The molecule has 0 aliphatic carbocycles. The third-order valence-electron chi connectivity index (χ3n) is 3.36. The lowest BCUT2D eigenvalue weighted by molar-refractivity contribution is -0.144. The molecule has 128 valence electrons. The summed E-state index contributed by atoms with van der Waals surface area (Å²) >= 11 is 0. The fourth-order valence-electron chi connectivity index (χ4n) is 2.17. The molecule has 3 rings (SSSR count). The van der Waals surface area contributed by atoms with Gasteiger partial charge in [0.2, 0.25) is 0 Å². The van der Waals surface area contributed by atoms with E-state index in [1.165, 1.54) is 19.3 Å². The minimum absolute atomic E-state index is 0.0136. The highest BCUT2D eigenvalue weighted by molar-refractivity contribution is 5.45. The molecule has 0 aromatic carbocycles. The normalized spacial score (nSPS) is 14.8. The summed E-state index contributed by atoms with van der Waals surface area (Å²) in [6, 6.07) is 4.75. The first kappa shape index (κ1) is 16.2. The number of aromatic nitrogens is 4. The molecule has 0 saturated heterocycles. The van der Waals surface area contributed by atoms with Crippen LogP contribution in [0.1, 0.15) is 24.2 Å². The first-order chi connectivity index (χ1) is 11.2. The Balaban J connectivity index is 1.93. The number of hydrogen-bond acceptors (Lipinski definition) is 6. The maximum absolute atomic E-state index is 12.8. The summed E-state index contributed by atoms with van der Waals surface area (Å²) in [7, 11) is 0. The molecule has 3 aromatic heterocycles. The number of hydrogen-bond donors (Lipinski definition) is 2. The number of fused-ring (bicyclic) bond motifs is 1. The van der Waals surface area contributed by atoms with E-state index in [0.29, 0.717) is 11.5 Å². The average molecular weight is 341 g/mol. The maximum Gasteiger partial charge on any atom is 0.453 e. The van der Waals surface area contributed by atoms with E-state index in [9.17, 15) is 18.3 Å². The van der Waals surface area contributed by atoms with Crippen LogP contribution in [0.4, 0.5) is 19.0 Å². The number of anilines is 1. The van der Waals surface area contributed by atoms with Gasteiger partial charge in [-0.3, -0.25) is 0 Å². The molecule has 0 aliphatic rings. The van der Waals surface area contributed by atoms with E-state index in [1.807, 2.05) is 0 Å². The molecule has 0 bridgehead atoms. The fraction of sp³-hybridized carbons (Fsp3) is 0.357. The Morgan fingerprint density at radius 3 is 2.71 bits per heavy atom. The van der Waals surface area contributed by atoms with Gasteiger partial charge in [-0.25, -0.2) is 4.98 Å². The molecule has 3 aromatic rings. The lowest BCUT2D eigenvalue weighted by Crippen LogP contribution is -2.31. The Bertz CT molecular complexity index is 855. The van der Waals surface area contributed by atoms with E-state index in [-0.39, 0.29) is 18.1 Å². The number of furan rings is 1. The molecule has 0 amide bonds. The standard InChI is InChI=1S/C14H14F3N5O2/c1-8-6-10(18-7-13(2,23)9-4-3-5-24-9)22-12(19-8)20-11(21-22)14(15,16)17/h3-6,18,23H,7H2,1-2H3. The van der Waals surface area contributed by atoms with Crippen molar-refractivity contribution < 1.29 is 22.7 Å². The van der Waals surface area contributed by atoms with Crippen LogP contribution in [0, 0.1) is 6.92 Å². The van der Waals surface area contributed by atoms with Crippen molar-refractivity contribution in [2.45, 2.75) is 25.6 Å². The Kier molecular flexibility index (Phi) is 3.71. The van der Waals surface area contributed by atoms with Crippen LogP contribution in [0.3, 0.4) is 0 Å². The Morgan fingerprint density at radius 1 is 1.33 bits per heavy atom. The van der Waals surface area contributed by atoms with Crippen molar-refractivity contribution in [1.29, 1.82) is 0 Å². The van der Waals surface area contributed by atoms with Crippen LogP contribution < -0.4 is 5.32 Å². The number of rotatable bonds is 4. The summed E-state index contributed by atoms with van der Waals surface area (Å²) in [6.45, 7) is 3.13. The number of halogens is 3.